The smallest absolute Gasteiger partial charge is 0.426 e. The number of carboxylic acid groups (broad SMARTS) is 1. The lowest BCUT2D eigenvalue weighted by Gasteiger charge is -2.14. The first kappa shape index (κ1) is 17.2. The van der Waals surface area contributed by atoms with Gasteiger partial charge in [-0.15, -0.1) is 0 Å². The van der Waals surface area contributed by atoms with Crippen LogP contribution < -0.4 is 21.3 Å². The summed E-state index contributed by atoms with van der Waals surface area (Å²) in [7, 11) is 0. The van der Waals surface area contributed by atoms with Crippen LogP contribution in [-0.4, -0.2) is 50.8 Å². The van der Waals surface area contributed by atoms with Crippen molar-refractivity contribution in [2.24, 2.45) is 11.6 Å². The summed E-state index contributed by atoms with van der Waals surface area (Å²) in [6, 6.07) is 6.49. The van der Waals surface area contributed by atoms with Crippen molar-refractivity contribution >= 4 is 11.8 Å². The summed E-state index contributed by atoms with van der Waals surface area (Å²) in [5, 5.41) is 9.40. The van der Waals surface area contributed by atoms with Crippen molar-refractivity contribution < 1.29 is 24.1 Å². The number of benzene rings is 1. The van der Waals surface area contributed by atoms with Crippen molar-refractivity contribution in [3.63, 3.8) is 0 Å². The predicted molar refractivity (Wildman–Crippen MR) is 77.3 cm³/mol. The number of anilines is 1. The zero-order valence-corrected chi connectivity index (χ0v) is 11.7. The maximum absolute atomic E-state index is 10.7. The molecule has 1 rings (SSSR count). The topological polar surface area (TPSA) is 120 Å². The minimum absolute atomic E-state index is 0.330. The summed E-state index contributed by atoms with van der Waals surface area (Å²) in [5.74, 6) is 5.89. The van der Waals surface area contributed by atoms with Gasteiger partial charge in [0.2, 0.25) is 0 Å². The average Bonchev–Trinajstić information content (AvgIpc) is 2.49. The van der Waals surface area contributed by atoms with Crippen LogP contribution in [0.4, 0.5) is 10.5 Å². The Hall–Kier alpha value is -1.87. The highest BCUT2D eigenvalue weighted by Gasteiger charge is 2.09. The lowest BCUT2D eigenvalue weighted by atomic mass is 10.3. The summed E-state index contributed by atoms with van der Waals surface area (Å²) in [5.41, 5.74) is 5.60. The molecule has 1 amide bonds. The van der Waals surface area contributed by atoms with Crippen LogP contribution >= 0.6 is 0 Å². The van der Waals surface area contributed by atoms with E-state index in [0.29, 0.717) is 56.0 Å². The fraction of sp³-hybridized carbons (Fsp3) is 0.462. The van der Waals surface area contributed by atoms with Crippen molar-refractivity contribution in [1.29, 1.82) is 0 Å². The molecule has 0 aliphatic carbocycles. The van der Waals surface area contributed by atoms with E-state index in [1.807, 2.05) is 0 Å². The van der Waals surface area contributed by atoms with Gasteiger partial charge in [-0.1, -0.05) is 6.07 Å². The number of rotatable bonds is 10. The van der Waals surface area contributed by atoms with Crippen molar-refractivity contribution in [3.8, 4) is 5.75 Å². The second kappa shape index (κ2) is 9.94. The van der Waals surface area contributed by atoms with Gasteiger partial charge in [-0.3, -0.25) is 0 Å². The maximum Gasteiger partial charge on any atom is 0.426 e. The van der Waals surface area contributed by atoms with Gasteiger partial charge in [0.05, 0.1) is 32.1 Å². The molecule has 8 heteroatoms. The Morgan fingerprint density at radius 1 is 1.14 bits per heavy atom. The molecule has 0 heterocycles. The van der Waals surface area contributed by atoms with E-state index < -0.39 is 6.09 Å². The molecule has 0 atom stereocenters. The Bertz CT molecular complexity index is 430. The first-order chi connectivity index (χ1) is 10.1. The summed E-state index contributed by atoms with van der Waals surface area (Å²) in [6.07, 6.45) is -1.24. The van der Waals surface area contributed by atoms with E-state index in [1.165, 1.54) is 0 Å². The zero-order chi connectivity index (χ0) is 15.5. The molecule has 0 saturated heterocycles. The second-order valence-electron chi connectivity index (χ2n) is 4.01. The Balaban J connectivity index is 2.23. The van der Waals surface area contributed by atoms with Crippen molar-refractivity contribution in [2.45, 2.75) is 0 Å². The molecule has 0 spiro atoms. The number of amides is 1. The first-order valence-corrected chi connectivity index (χ1v) is 6.51. The number of hydrogen-bond acceptors (Lipinski definition) is 6. The molecule has 0 bridgehead atoms. The highest BCUT2D eigenvalue weighted by Crippen LogP contribution is 2.19. The molecule has 0 aliphatic rings. The van der Waals surface area contributed by atoms with Crippen molar-refractivity contribution in [2.75, 3.05) is 44.6 Å². The average molecular weight is 299 g/mol. The van der Waals surface area contributed by atoms with Crippen LogP contribution in [0.25, 0.3) is 0 Å². The molecule has 118 valence electrons. The van der Waals surface area contributed by atoms with Gasteiger partial charge in [0.15, 0.2) is 0 Å². The van der Waals surface area contributed by atoms with Gasteiger partial charge >= 0.3 is 6.09 Å². The van der Waals surface area contributed by atoms with Gasteiger partial charge in [-0.2, -0.15) is 0 Å². The molecule has 1 aromatic carbocycles. The monoisotopic (exact) mass is 299 g/mol. The minimum Gasteiger partial charge on any atom is -0.491 e. The first-order valence-electron chi connectivity index (χ1n) is 6.51. The lowest BCUT2D eigenvalue weighted by molar-refractivity contribution is 0.0388. The summed E-state index contributed by atoms with van der Waals surface area (Å²) >= 11 is 0. The number of nitrogens with zero attached hydrogens (tertiary/aromatic N) is 1. The Kier molecular flexibility index (Phi) is 8.14. The Morgan fingerprint density at radius 3 is 2.48 bits per heavy atom. The molecule has 5 N–H and O–H groups in total. The van der Waals surface area contributed by atoms with Gasteiger partial charge < -0.3 is 25.1 Å². The molecule has 0 aliphatic heterocycles. The molecule has 0 saturated carbocycles. The van der Waals surface area contributed by atoms with E-state index in [2.05, 4.69) is 0 Å². The molecule has 0 aromatic heterocycles. The van der Waals surface area contributed by atoms with E-state index >= 15 is 0 Å². The number of hydrogen-bond donors (Lipinski definition) is 3. The van der Waals surface area contributed by atoms with Gasteiger partial charge in [0, 0.05) is 12.6 Å². The Labute approximate surface area is 123 Å². The van der Waals surface area contributed by atoms with Crippen LogP contribution in [0, 0.1) is 0 Å². The van der Waals surface area contributed by atoms with Crippen molar-refractivity contribution in [3.05, 3.63) is 24.3 Å². The van der Waals surface area contributed by atoms with E-state index in [1.54, 1.807) is 24.3 Å². The molecule has 21 heavy (non-hydrogen) atoms. The quantitative estimate of drug-likeness (QED) is 0.248. The highest BCUT2D eigenvalue weighted by molar-refractivity contribution is 5.84. The number of nitrogens with two attached hydrogens (primary N) is 2. The molecule has 0 radical (unpaired) electrons. The summed E-state index contributed by atoms with van der Waals surface area (Å²) in [6.45, 7) is 2.73. The highest BCUT2D eigenvalue weighted by atomic mass is 16.5. The molecule has 0 fully saturated rings. The fourth-order valence-electron chi connectivity index (χ4n) is 1.46. The SMILES string of the molecule is NCCOCCOCCOc1cccc(N(N)C(=O)O)c1. The molecule has 1 aromatic rings. The molecular formula is C13H21N3O5. The summed E-state index contributed by atoms with van der Waals surface area (Å²) in [4.78, 5) is 10.7. The number of carbonyl (C=O) groups is 1. The molecular weight excluding hydrogens is 278 g/mol. The third-order valence-corrected chi connectivity index (χ3v) is 2.43. The third kappa shape index (κ3) is 6.91. The van der Waals surface area contributed by atoms with Gasteiger partial charge in [0.1, 0.15) is 12.4 Å². The normalized spacial score (nSPS) is 10.4. The van der Waals surface area contributed by atoms with Crippen LogP contribution in [-0.2, 0) is 9.47 Å². The minimum atomic E-state index is -1.24. The second-order valence-corrected chi connectivity index (χ2v) is 4.01. The van der Waals surface area contributed by atoms with Crippen LogP contribution in [0.5, 0.6) is 5.75 Å². The lowest BCUT2D eigenvalue weighted by Crippen LogP contribution is -2.35. The van der Waals surface area contributed by atoms with E-state index in [9.17, 15) is 4.79 Å². The summed E-state index contributed by atoms with van der Waals surface area (Å²) < 4.78 is 15.9. The van der Waals surface area contributed by atoms with Gasteiger partial charge in [-0.05, 0) is 12.1 Å². The van der Waals surface area contributed by atoms with E-state index in [4.69, 9.17) is 30.9 Å². The largest absolute Gasteiger partial charge is 0.491 e. The zero-order valence-electron chi connectivity index (χ0n) is 11.7. The Morgan fingerprint density at radius 2 is 1.81 bits per heavy atom. The van der Waals surface area contributed by atoms with Crippen molar-refractivity contribution in [1.82, 2.24) is 0 Å². The third-order valence-electron chi connectivity index (χ3n) is 2.43. The number of hydrazine groups is 1. The van der Waals surface area contributed by atoms with E-state index in [-0.39, 0.29) is 0 Å². The fourth-order valence-corrected chi connectivity index (χ4v) is 1.46. The molecule has 0 unspecified atom stereocenters. The predicted octanol–water partition coefficient (Wildman–Crippen LogP) is 0.415. The van der Waals surface area contributed by atoms with Gasteiger partial charge in [0.25, 0.3) is 0 Å². The maximum atomic E-state index is 10.7. The van der Waals surface area contributed by atoms with Crippen LogP contribution in [0.3, 0.4) is 0 Å². The van der Waals surface area contributed by atoms with Crippen LogP contribution in [0.1, 0.15) is 0 Å². The van der Waals surface area contributed by atoms with Gasteiger partial charge in [-0.25, -0.2) is 15.6 Å². The van der Waals surface area contributed by atoms with Crippen LogP contribution in [0.2, 0.25) is 0 Å². The van der Waals surface area contributed by atoms with Crippen LogP contribution in [0.15, 0.2) is 24.3 Å². The standard InChI is InChI=1S/C13H21N3O5/c14-4-5-19-6-7-20-8-9-21-12-3-1-2-11(10-12)16(15)13(17)18/h1-3,10H,4-9,14-15H2,(H,17,18). The van der Waals surface area contributed by atoms with E-state index in [0.717, 1.165) is 0 Å². The molecule has 8 nitrogen and oxygen atoms in total. The number of ether oxygens (including phenoxy) is 3.